The molecule has 68 valence electrons. The summed E-state index contributed by atoms with van der Waals surface area (Å²) in [4.78, 5) is 12.1. The third-order valence-electron chi connectivity index (χ3n) is 1.67. The summed E-state index contributed by atoms with van der Waals surface area (Å²) in [5, 5.41) is 8.43. The molecule has 0 radical (unpaired) electrons. The molecular weight excluding hydrogens is 166 g/mol. The Hall–Kier alpha value is -1.77. The van der Waals surface area contributed by atoms with Gasteiger partial charge in [0.05, 0.1) is 6.04 Å². The molecule has 0 bridgehead atoms. The number of hydrogen-bond donors (Lipinski definition) is 1. The normalized spacial score (nSPS) is 20.9. The summed E-state index contributed by atoms with van der Waals surface area (Å²) in [6.07, 6.45) is 11.8. The maximum atomic E-state index is 10.3. The monoisotopic (exact) mass is 177 g/mol. The molecule has 1 rings (SSSR count). The van der Waals surface area contributed by atoms with Crippen molar-refractivity contribution in [3.05, 3.63) is 49.4 Å². The van der Waals surface area contributed by atoms with Gasteiger partial charge >= 0.3 is 5.97 Å². The molecule has 0 spiro atoms. The van der Waals surface area contributed by atoms with Gasteiger partial charge in [0, 0.05) is 12.3 Å². The van der Waals surface area contributed by atoms with Gasteiger partial charge in [-0.2, -0.15) is 0 Å². The van der Waals surface area contributed by atoms with Crippen LogP contribution in [0.5, 0.6) is 0 Å². The van der Waals surface area contributed by atoms with Crippen LogP contribution in [0.25, 0.3) is 0 Å². The van der Waals surface area contributed by atoms with Crippen LogP contribution in [-0.4, -0.2) is 22.0 Å². The van der Waals surface area contributed by atoms with E-state index in [-0.39, 0.29) is 6.04 Å². The van der Waals surface area contributed by atoms with E-state index < -0.39 is 5.97 Å². The van der Waals surface area contributed by atoms with Gasteiger partial charge in [-0.3, -0.25) is 0 Å². The standard InChI is InChI=1S/C10H11NO2/c1-2-11-8-4-3-5-9(11)6-7-10(12)13/h2-9H,1H2,(H,12,13). The van der Waals surface area contributed by atoms with Crippen molar-refractivity contribution in [1.82, 2.24) is 4.90 Å². The Morgan fingerprint density at radius 3 is 2.92 bits per heavy atom. The van der Waals surface area contributed by atoms with E-state index >= 15 is 0 Å². The summed E-state index contributed by atoms with van der Waals surface area (Å²) in [6.45, 7) is 3.62. The largest absolute Gasteiger partial charge is 0.478 e. The first-order chi connectivity index (χ1) is 6.24. The molecular formula is C10H11NO2. The van der Waals surface area contributed by atoms with Crippen LogP contribution in [0, 0.1) is 0 Å². The molecule has 0 aromatic carbocycles. The van der Waals surface area contributed by atoms with Gasteiger partial charge < -0.3 is 10.0 Å². The van der Waals surface area contributed by atoms with E-state index in [0.29, 0.717) is 0 Å². The molecule has 0 aliphatic carbocycles. The van der Waals surface area contributed by atoms with E-state index in [2.05, 4.69) is 6.58 Å². The van der Waals surface area contributed by atoms with Gasteiger partial charge in [0.15, 0.2) is 0 Å². The lowest BCUT2D eigenvalue weighted by Crippen LogP contribution is -2.23. The average molecular weight is 177 g/mol. The third kappa shape index (κ3) is 2.63. The number of allylic oxidation sites excluding steroid dienone is 2. The Balaban J connectivity index is 2.68. The summed E-state index contributed by atoms with van der Waals surface area (Å²) in [5.41, 5.74) is 0. The van der Waals surface area contributed by atoms with Gasteiger partial charge in [0.1, 0.15) is 0 Å². The van der Waals surface area contributed by atoms with Crippen molar-refractivity contribution in [3.63, 3.8) is 0 Å². The molecule has 0 aromatic heterocycles. The van der Waals surface area contributed by atoms with Gasteiger partial charge in [0.25, 0.3) is 0 Å². The van der Waals surface area contributed by atoms with Gasteiger partial charge in [0.2, 0.25) is 0 Å². The summed E-state index contributed by atoms with van der Waals surface area (Å²) in [5.74, 6) is -0.938. The van der Waals surface area contributed by atoms with Crippen LogP contribution < -0.4 is 0 Å². The molecule has 13 heavy (non-hydrogen) atoms. The quantitative estimate of drug-likeness (QED) is 0.664. The van der Waals surface area contributed by atoms with Crippen molar-refractivity contribution in [2.24, 2.45) is 0 Å². The minimum absolute atomic E-state index is 0.0430. The van der Waals surface area contributed by atoms with E-state index in [1.807, 2.05) is 29.3 Å². The number of carbonyl (C=O) groups is 1. The fraction of sp³-hybridized carbons (Fsp3) is 0.100. The molecule has 1 unspecified atom stereocenters. The molecule has 0 fully saturated rings. The van der Waals surface area contributed by atoms with E-state index in [9.17, 15) is 4.79 Å². The van der Waals surface area contributed by atoms with Crippen molar-refractivity contribution in [2.75, 3.05) is 0 Å². The van der Waals surface area contributed by atoms with Crippen LogP contribution >= 0.6 is 0 Å². The lowest BCUT2D eigenvalue weighted by Gasteiger charge is -2.23. The van der Waals surface area contributed by atoms with Gasteiger partial charge in [-0.25, -0.2) is 4.79 Å². The van der Waals surface area contributed by atoms with Crippen molar-refractivity contribution in [2.45, 2.75) is 6.04 Å². The second-order valence-corrected chi connectivity index (χ2v) is 2.54. The summed E-state index contributed by atoms with van der Waals surface area (Å²) in [7, 11) is 0. The van der Waals surface area contributed by atoms with Crippen molar-refractivity contribution in [3.8, 4) is 0 Å². The Morgan fingerprint density at radius 1 is 1.54 bits per heavy atom. The van der Waals surface area contributed by atoms with Crippen molar-refractivity contribution >= 4 is 5.97 Å². The Labute approximate surface area is 77.0 Å². The number of aliphatic carboxylic acids is 1. The maximum absolute atomic E-state index is 10.3. The predicted molar refractivity (Wildman–Crippen MR) is 50.9 cm³/mol. The molecule has 0 saturated heterocycles. The van der Waals surface area contributed by atoms with Crippen LogP contribution in [0.1, 0.15) is 0 Å². The molecule has 0 aromatic rings. The van der Waals surface area contributed by atoms with Gasteiger partial charge in [-0.1, -0.05) is 24.8 Å². The first-order valence-electron chi connectivity index (χ1n) is 3.90. The predicted octanol–water partition coefficient (Wildman–Crippen LogP) is 1.52. The highest BCUT2D eigenvalue weighted by atomic mass is 16.4. The van der Waals surface area contributed by atoms with Crippen LogP contribution in [0.3, 0.4) is 0 Å². The molecule has 3 nitrogen and oxygen atoms in total. The van der Waals surface area contributed by atoms with E-state index in [1.54, 1.807) is 12.3 Å². The van der Waals surface area contributed by atoms with Crippen LogP contribution in [0.2, 0.25) is 0 Å². The minimum atomic E-state index is -0.938. The highest BCUT2D eigenvalue weighted by Crippen LogP contribution is 2.09. The van der Waals surface area contributed by atoms with Crippen molar-refractivity contribution in [1.29, 1.82) is 0 Å². The highest BCUT2D eigenvalue weighted by molar-refractivity contribution is 5.79. The summed E-state index contributed by atoms with van der Waals surface area (Å²) < 4.78 is 0. The van der Waals surface area contributed by atoms with E-state index in [0.717, 1.165) is 6.08 Å². The lowest BCUT2D eigenvalue weighted by atomic mass is 10.2. The second kappa shape index (κ2) is 4.30. The van der Waals surface area contributed by atoms with Crippen molar-refractivity contribution < 1.29 is 9.90 Å². The SMILES string of the molecule is C=CN1C=CC=CC1C=CC(=O)O. The minimum Gasteiger partial charge on any atom is -0.478 e. The molecule has 1 aliphatic rings. The number of carboxylic acid groups (broad SMARTS) is 1. The number of rotatable bonds is 3. The smallest absolute Gasteiger partial charge is 0.328 e. The van der Waals surface area contributed by atoms with Gasteiger partial charge in [-0.15, -0.1) is 0 Å². The zero-order valence-corrected chi connectivity index (χ0v) is 7.13. The summed E-state index contributed by atoms with van der Waals surface area (Å²) in [6, 6.07) is -0.0430. The Kier molecular flexibility index (Phi) is 3.09. The zero-order valence-electron chi connectivity index (χ0n) is 7.13. The molecule has 1 aliphatic heterocycles. The van der Waals surface area contributed by atoms with Crippen LogP contribution in [-0.2, 0) is 4.79 Å². The fourth-order valence-electron chi connectivity index (χ4n) is 1.05. The number of hydrogen-bond acceptors (Lipinski definition) is 2. The number of nitrogens with zero attached hydrogens (tertiary/aromatic N) is 1. The first-order valence-corrected chi connectivity index (χ1v) is 3.90. The first kappa shape index (κ1) is 9.32. The second-order valence-electron chi connectivity index (χ2n) is 2.54. The molecule has 0 amide bonds. The Bertz CT molecular complexity index is 289. The topological polar surface area (TPSA) is 40.5 Å². The number of carboxylic acids is 1. The van der Waals surface area contributed by atoms with Crippen LogP contribution in [0.4, 0.5) is 0 Å². The Morgan fingerprint density at radius 2 is 2.31 bits per heavy atom. The summed E-state index contributed by atoms with van der Waals surface area (Å²) >= 11 is 0. The molecule has 3 heteroatoms. The van der Waals surface area contributed by atoms with E-state index in [4.69, 9.17) is 5.11 Å². The third-order valence-corrected chi connectivity index (χ3v) is 1.67. The maximum Gasteiger partial charge on any atom is 0.328 e. The molecule has 1 atom stereocenters. The highest BCUT2D eigenvalue weighted by Gasteiger charge is 2.07. The van der Waals surface area contributed by atoms with Crippen LogP contribution in [0.15, 0.2) is 49.4 Å². The van der Waals surface area contributed by atoms with Gasteiger partial charge in [-0.05, 0) is 12.3 Å². The molecule has 0 saturated carbocycles. The molecule has 1 N–H and O–H groups in total. The average Bonchev–Trinajstić information content (AvgIpc) is 2.15. The lowest BCUT2D eigenvalue weighted by molar-refractivity contribution is -0.131. The van der Waals surface area contributed by atoms with E-state index in [1.165, 1.54) is 0 Å². The fourth-order valence-corrected chi connectivity index (χ4v) is 1.05. The molecule has 1 heterocycles. The zero-order chi connectivity index (χ0) is 9.68.